The van der Waals surface area contributed by atoms with Crippen molar-refractivity contribution in [2.45, 2.75) is 19.3 Å². The van der Waals surface area contributed by atoms with E-state index in [1.807, 2.05) is 11.4 Å². The van der Waals surface area contributed by atoms with Gasteiger partial charge < -0.3 is 16.3 Å². The maximum atomic E-state index is 11.9. The SMILES string of the molecule is N/C(=N/O)C1(C(=O)NCCc2ccsc2)CC1. The number of oxime groups is 1. The Morgan fingerprint density at radius 1 is 1.65 bits per heavy atom. The molecule has 0 atom stereocenters. The van der Waals surface area contributed by atoms with Gasteiger partial charge in [-0.25, -0.2) is 0 Å². The molecule has 0 radical (unpaired) electrons. The molecule has 0 aromatic carbocycles. The van der Waals surface area contributed by atoms with Crippen LogP contribution < -0.4 is 11.1 Å². The Bertz CT molecular complexity index is 424. The van der Waals surface area contributed by atoms with Gasteiger partial charge in [0.05, 0.1) is 0 Å². The average molecular weight is 253 g/mol. The lowest BCUT2D eigenvalue weighted by Gasteiger charge is -2.13. The predicted molar refractivity (Wildman–Crippen MR) is 66.1 cm³/mol. The number of rotatable bonds is 5. The number of thiophene rings is 1. The largest absolute Gasteiger partial charge is 0.409 e. The Labute approximate surface area is 103 Å². The molecule has 2 rings (SSSR count). The van der Waals surface area contributed by atoms with Crippen LogP contribution in [-0.2, 0) is 11.2 Å². The average Bonchev–Trinajstić information content (AvgIpc) is 3.00. The fourth-order valence-corrected chi connectivity index (χ4v) is 2.45. The molecule has 4 N–H and O–H groups in total. The number of nitrogens with two attached hydrogens (primary N) is 1. The molecule has 0 saturated heterocycles. The summed E-state index contributed by atoms with van der Waals surface area (Å²) in [6.45, 7) is 0.579. The van der Waals surface area contributed by atoms with Crippen molar-refractivity contribution in [3.8, 4) is 0 Å². The number of amidine groups is 1. The minimum atomic E-state index is -0.747. The second kappa shape index (κ2) is 4.75. The minimum Gasteiger partial charge on any atom is -0.409 e. The summed E-state index contributed by atoms with van der Waals surface area (Å²) in [5.41, 5.74) is 5.99. The van der Waals surface area contributed by atoms with E-state index < -0.39 is 5.41 Å². The number of amides is 1. The first kappa shape index (κ1) is 11.9. The van der Waals surface area contributed by atoms with Gasteiger partial charge >= 0.3 is 0 Å². The Balaban J connectivity index is 1.82. The first-order valence-corrected chi connectivity index (χ1v) is 6.41. The van der Waals surface area contributed by atoms with Crippen molar-refractivity contribution >= 4 is 23.1 Å². The lowest BCUT2D eigenvalue weighted by molar-refractivity contribution is -0.124. The summed E-state index contributed by atoms with van der Waals surface area (Å²) < 4.78 is 0. The van der Waals surface area contributed by atoms with Gasteiger partial charge in [0.25, 0.3) is 0 Å². The summed E-state index contributed by atoms with van der Waals surface area (Å²) in [5, 5.41) is 18.5. The van der Waals surface area contributed by atoms with Crippen LogP contribution in [0.2, 0.25) is 0 Å². The van der Waals surface area contributed by atoms with Crippen molar-refractivity contribution in [3.63, 3.8) is 0 Å². The van der Waals surface area contributed by atoms with Crippen molar-refractivity contribution < 1.29 is 10.0 Å². The zero-order valence-corrected chi connectivity index (χ0v) is 10.2. The fourth-order valence-electron chi connectivity index (χ4n) is 1.74. The van der Waals surface area contributed by atoms with E-state index in [1.165, 1.54) is 5.56 Å². The monoisotopic (exact) mass is 253 g/mol. The highest BCUT2D eigenvalue weighted by Gasteiger charge is 2.53. The first-order chi connectivity index (χ1) is 8.19. The highest BCUT2D eigenvalue weighted by molar-refractivity contribution is 7.07. The third-order valence-corrected chi connectivity index (χ3v) is 3.79. The molecule has 0 spiro atoms. The molecule has 1 aliphatic carbocycles. The van der Waals surface area contributed by atoms with Crippen LogP contribution in [0.25, 0.3) is 0 Å². The van der Waals surface area contributed by atoms with Crippen LogP contribution in [0.15, 0.2) is 22.0 Å². The standard InChI is InChI=1S/C11H15N3O2S/c12-9(14-16)11(3-4-11)10(15)13-5-1-8-2-6-17-7-8/h2,6-7,16H,1,3-5H2,(H2,12,14)(H,13,15). The smallest absolute Gasteiger partial charge is 0.233 e. The van der Waals surface area contributed by atoms with Gasteiger partial charge in [-0.15, -0.1) is 0 Å². The summed E-state index contributed by atoms with van der Waals surface area (Å²) in [6, 6.07) is 2.03. The van der Waals surface area contributed by atoms with Gasteiger partial charge in [0.2, 0.25) is 5.91 Å². The summed E-state index contributed by atoms with van der Waals surface area (Å²) in [6.07, 6.45) is 2.13. The minimum absolute atomic E-state index is 0.0190. The van der Waals surface area contributed by atoms with E-state index in [2.05, 4.69) is 15.9 Å². The topological polar surface area (TPSA) is 87.7 Å². The van der Waals surface area contributed by atoms with E-state index in [9.17, 15) is 4.79 Å². The van der Waals surface area contributed by atoms with E-state index in [0.29, 0.717) is 19.4 Å². The number of hydrogen-bond donors (Lipinski definition) is 3. The maximum absolute atomic E-state index is 11.9. The molecule has 1 fully saturated rings. The molecule has 1 aromatic rings. The van der Waals surface area contributed by atoms with Crippen molar-refractivity contribution in [1.29, 1.82) is 0 Å². The number of carbonyl (C=O) groups is 1. The van der Waals surface area contributed by atoms with Crippen LogP contribution in [0.4, 0.5) is 0 Å². The zero-order chi connectivity index (χ0) is 12.3. The second-order valence-corrected chi connectivity index (χ2v) is 4.98. The van der Waals surface area contributed by atoms with Crippen molar-refractivity contribution in [2.24, 2.45) is 16.3 Å². The normalized spacial score (nSPS) is 17.8. The maximum Gasteiger partial charge on any atom is 0.233 e. The van der Waals surface area contributed by atoms with Gasteiger partial charge in [-0.3, -0.25) is 4.79 Å². The molecule has 5 nitrogen and oxygen atoms in total. The van der Waals surface area contributed by atoms with Crippen molar-refractivity contribution in [3.05, 3.63) is 22.4 Å². The molecule has 6 heteroatoms. The number of hydrogen-bond acceptors (Lipinski definition) is 4. The fraction of sp³-hybridized carbons (Fsp3) is 0.455. The van der Waals surface area contributed by atoms with Crippen LogP contribution in [0.3, 0.4) is 0 Å². The highest BCUT2D eigenvalue weighted by Crippen LogP contribution is 2.45. The second-order valence-electron chi connectivity index (χ2n) is 4.20. The van der Waals surface area contributed by atoms with Gasteiger partial charge in [0, 0.05) is 6.54 Å². The molecular weight excluding hydrogens is 238 g/mol. The van der Waals surface area contributed by atoms with Gasteiger partial charge in [0.15, 0.2) is 5.84 Å². The number of carbonyl (C=O) groups excluding carboxylic acids is 1. The third kappa shape index (κ3) is 2.41. The van der Waals surface area contributed by atoms with Crippen LogP contribution in [-0.4, -0.2) is 23.5 Å². The predicted octanol–water partition coefficient (Wildman–Crippen LogP) is 0.933. The van der Waals surface area contributed by atoms with Crippen molar-refractivity contribution in [2.75, 3.05) is 6.54 Å². The Hall–Kier alpha value is -1.56. The van der Waals surface area contributed by atoms with Crippen molar-refractivity contribution in [1.82, 2.24) is 5.32 Å². The summed E-state index contributed by atoms with van der Waals surface area (Å²) in [5.74, 6) is -0.117. The summed E-state index contributed by atoms with van der Waals surface area (Å²) in [4.78, 5) is 11.9. The highest BCUT2D eigenvalue weighted by atomic mass is 32.1. The lowest BCUT2D eigenvalue weighted by Crippen LogP contribution is -2.41. The Kier molecular flexibility index (Phi) is 3.33. The molecule has 92 valence electrons. The van der Waals surface area contributed by atoms with Crippen LogP contribution in [0, 0.1) is 5.41 Å². The van der Waals surface area contributed by atoms with Gasteiger partial charge in [-0.05, 0) is 41.7 Å². The van der Waals surface area contributed by atoms with Gasteiger partial charge in [0.1, 0.15) is 5.41 Å². The zero-order valence-electron chi connectivity index (χ0n) is 9.35. The molecule has 1 saturated carbocycles. The number of nitrogens with zero attached hydrogens (tertiary/aromatic N) is 1. The van der Waals surface area contributed by atoms with Crippen LogP contribution in [0.5, 0.6) is 0 Å². The molecule has 0 unspecified atom stereocenters. The van der Waals surface area contributed by atoms with Gasteiger partial charge in [-0.2, -0.15) is 11.3 Å². The van der Waals surface area contributed by atoms with E-state index in [1.54, 1.807) is 11.3 Å². The molecular formula is C11H15N3O2S. The summed E-state index contributed by atoms with van der Waals surface area (Å²) >= 11 is 1.64. The Morgan fingerprint density at radius 3 is 2.94 bits per heavy atom. The number of nitrogens with one attached hydrogen (secondary N) is 1. The molecule has 17 heavy (non-hydrogen) atoms. The van der Waals surface area contributed by atoms with E-state index in [4.69, 9.17) is 10.9 Å². The first-order valence-electron chi connectivity index (χ1n) is 5.46. The van der Waals surface area contributed by atoms with Crippen LogP contribution in [0.1, 0.15) is 18.4 Å². The summed E-state index contributed by atoms with van der Waals surface area (Å²) in [7, 11) is 0. The molecule has 1 aliphatic rings. The molecule has 1 heterocycles. The van der Waals surface area contributed by atoms with Gasteiger partial charge in [-0.1, -0.05) is 5.16 Å². The van der Waals surface area contributed by atoms with Crippen LogP contribution >= 0.6 is 11.3 Å². The third-order valence-electron chi connectivity index (χ3n) is 3.06. The van der Waals surface area contributed by atoms with E-state index in [-0.39, 0.29) is 11.7 Å². The lowest BCUT2D eigenvalue weighted by atomic mass is 10.1. The molecule has 1 amide bonds. The van der Waals surface area contributed by atoms with E-state index in [0.717, 1.165) is 6.42 Å². The molecule has 0 bridgehead atoms. The van der Waals surface area contributed by atoms with E-state index >= 15 is 0 Å². The molecule has 1 aromatic heterocycles. The Morgan fingerprint density at radius 2 is 2.41 bits per heavy atom. The quantitative estimate of drug-likeness (QED) is 0.316. The molecule has 0 aliphatic heterocycles.